The van der Waals surface area contributed by atoms with Gasteiger partial charge in [0.25, 0.3) is 0 Å². The highest BCUT2D eigenvalue weighted by atomic mass is 16.5. The molecule has 1 fully saturated rings. The summed E-state index contributed by atoms with van der Waals surface area (Å²) in [6.07, 6.45) is 4.07. The molecule has 1 unspecified atom stereocenters. The first kappa shape index (κ1) is 14.8. The zero-order valence-electron chi connectivity index (χ0n) is 13.1. The third-order valence-electron chi connectivity index (χ3n) is 4.49. The number of para-hydroxylation sites is 1. The van der Waals surface area contributed by atoms with Gasteiger partial charge in [-0.05, 0) is 31.9 Å². The monoisotopic (exact) mass is 298 g/mol. The quantitative estimate of drug-likeness (QED) is 0.891. The lowest BCUT2D eigenvalue weighted by Crippen LogP contribution is -2.15. The molecule has 3 rings (SSSR count). The zero-order valence-corrected chi connectivity index (χ0v) is 13.1. The van der Waals surface area contributed by atoms with E-state index in [4.69, 9.17) is 4.52 Å². The molecule has 22 heavy (non-hydrogen) atoms. The minimum atomic E-state index is 0.00583. The van der Waals surface area contributed by atoms with Crippen molar-refractivity contribution in [1.29, 1.82) is 0 Å². The number of benzene rings is 1. The van der Waals surface area contributed by atoms with Gasteiger partial charge in [-0.3, -0.25) is 4.79 Å². The number of rotatable bonds is 5. The van der Waals surface area contributed by atoms with Crippen molar-refractivity contribution < 1.29 is 9.32 Å². The van der Waals surface area contributed by atoms with Gasteiger partial charge in [0.15, 0.2) is 0 Å². The second kappa shape index (κ2) is 6.34. The Balaban J connectivity index is 1.63. The third kappa shape index (κ3) is 3.06. The Morgan fingerprint density at radius 2 is 2.09 bits per heavy atom. The lowest BCUT2D eigenvalue weighted by molar-refractivity contribution is -0.116. The summed E-state index contributed by atoms with van der Waals surface area (Å²) in [6, 6.07) is 9.52. The van der Waals surface area contributed by atoms with Gasteiger partial charge in [0.1, 0.15) is 5.76 Å². The summed E-state index contributed by atoms with van der Waals surface area (Å²) in [5.74, 6) is 1.62. The fourth-order valence-corrected chi connectivity index (χ4v) is 2.98. The normalized spacial score (nSPS) is 16.1. The van der Waals surface area contributed by atoms with E-state index in [1.54, 1.807) is 0 Å². The first-order chi connectivity index (χ1) is 10.6. The highest BCUT2D eigenvalue weighted by Crippen LogP contribution is 2.39. The zero-order chi connectivity index (χ0) is 15.5. The second-order valence-electron chi connectivity index (χ2n) is 6.20. The lowest BCUT2D eigenvalue weighted by Gasteiger charge is -2.23. The van der Waals surface area contributed by atoms with E-state index >= 15 is 0 Å². The van der Waals surface area contributed by atoms with Gasteiger partial charge in [0, 0.05) is 29.5 Å². The van der Waals surface area contributed by atoms with Crippen molar-refractivity contribution in [2.75, 3.05) is 5.32 Å². The van der Waals surface area contributed by atoms with E-state index in [1.807, 2.05) is 37.3 Å². The van der Waals surface area contributed by atoms with Gasteiger partial charge < -0.3 is 9.84 Å². The molecule has 1 amide bonds. The van der Waals surface area contributed by atoms with Crippen LogP contribution in [0, 0.1) is 6.92 Å². The van der Waals surface area contributed by atoms with Crippen LogP contribution in [-0.4, -0.2) is 11.1 Å². The van der Waals surface area contributed by atoms with Crippen molar-refractivity contribution in [3.63, 3.8) is 0 Å². The molecule has 0 bridgehead atoms. The van der Waals surface area contributed by atoms with E-state index < -0.39 is 0 Å². The van der Waals surface area contributed by atoms with Crippen LogP contribution in [0.2, 0.25) is 0 Å². The molecule has 116 valence electrons. The Kier molecular flexibility index (Phi) is 4.27. The molecule has 4 heteroatoms. The molecule has 1 atom stereocenters. The topological polar surface area (TPSA) is 55.1 Å². The van der Waals surface area contributed by atoms with Gasteiger partial charge in [0.05, 0.1) is 5.69 Å². The van der Waals surface area contributed by atoms with Crippen LogP contribution in [0.5, 0.6) is 0 Å². The van der Waals surface area contributed by atoms with E-state index in [1.165, 1.54) is 19.3 Å². The predicted molar refractivity (Wildman–Crippen MR) is 85.9 cm³/mol. The fraction of sp³-hybridized carbons (Fsp3) is 0.444. The van der Waals surface area contributed by atoms with E-state index in [2.05, 4.69) is 17.4 Å². The smallest absolute Gasteiger partial charge is 0.225 e. The molecule has 1 N–H and O–H groups in total. The van der Waals surface area contributed by atoms with Gasteiger partial charge in [-0.25, -0.2) is 0 Å². The number of nitrogens with zero attached hydrogens (tertiary/aromatic N) is 1. The molecular formula is C18H22N2O2. The molecule has 4 nitrogen and oxygen atoms in total. The highest BCUT2D eigenvalue weighted by molar-refractivity contribution is 5.91. The van der Waals surface area contributed by atoms with Crippen molar-refractivity contribution in [2.24, 2.45) is 0 Å². The molecule has 1 aliphatic rings. The number of carbonyl (C=O) groups is 1. The Labute approximate surface area is 130 Å². The fourth-order valence-electron chi connectivity index (χ4n) is 2.98. The van der Waals surface area contributed by atoms with Gasteiger partial charge in [0.2, 0.25) is 5.91 Å². The molecule has 1 aromatic heterocycles. The van der Waals surface area contributed by atoms with Crippen LogP contribution >= 0.6 is 0 Å². The SMILES string of the molecule is Cc1c(C(C)CC(=O)Nc2ccccc2)noc1C1CCC1. The summed E-state index contributed by atoms with van der Waals surface area (Å²) in [7, 11) is 0. The highest BCUT2D eigenvalue weighted by Gasteiger charge is 2.28. The van der Waals surface area contributed by atoms with Crippen molar-refractivity contribution in [3.8, 4) is 0 Å². The van der Waals surface area contributed by atoms with Crippen LogP contribution in [-0.2, 0) is 4.79 Å². The maximum absolute atomic E-state index is 12.1. The Morgan fingerprint density at radius 1 is 1.36 bits per heavy atom. The average molecular weight is 298 g/mol. The number of hydrogen-bond donors (Lipinski definition) is 1. The molecule has 1 saturated carbocycles. The Bertz CT molecular complexity index is 644. The van der Waals surface area contributed by atoms with Crippen LogP contribution in [0.15, 0.2) is 34.9 Å². The number of nitrogens with one attached hydrogen (secondary N) is 1. The summed E-state index contributed by atoms with van der Waals surface area (Å²) < 4.78 is 5.54. The Hall–Kier alpha value is -2.10. The van der Waals surface area contributed by atoms with Crippen LogP contribution in [0.3, 0.4) is 0 Å². The lowest BCUT2D eigenvalue weighted by atomic mass is 9.81. The Morgan fingerprint density at radius 3 is 2.73 bits per heavy atom. The predicted octanol–water partition coefficient (Wildman–Crippen LogP) is 4.38. The van der Waals surface area contributed by atoms with Crippen molar-refractivity contribution in [1.82, 2.24) is 5.16 Å². The first-order valence-corrected chi connectivity index (χ1v) is 7.96. The van der Waals surface area contributed by atoms with Crippen LogP contribution in [0.4, 0.5) is 5.69 Å². The van der Waals surface area contributed by atoms with Gasteiger partial charge in [-0.1, -0.05) is 36.7 Å². The molecular weight excluding hydrogens is 276 g/mol. The van der Waals surface area contributed by atoms with Crippen LogP contribution < -0.4 is 5.32 Å². The number of carbonyl (C=O) groups excluding carboxylic acids is 1. The van der Waals surface area contributed by atoms with E-state index in [0.29, 0.717) is 12.3 Å². The minimum Gasteiger partial charge on any atom is -0.361 e. The summed E-state index contributed by atoms with van der Waals surface area (Å²) in [5.41, 5.74) is 2.88. The van der Waals surface area contributed by atoms with Crippen LogP contribution in [0.1, 0.15) is 61.5 Å². The minimum absolute atomic E-state index is 0.00583. The maximum atomic E-state index is 12.1. The number of aromatic nitrogens is 1. The maximum Gasteiger partial charge on any atom is 0.225 e. The number of hydrogen-bond acceptors (Lipinski definition) is 3. The molecule has 0 radical (unpaired) electrons. The van der Waals surface area contributed by atoms with E-state index in [9.17, 15) is 4.79 Å². The summed E-state index contributed by atoms with van der Waals surface area (Å²) in [6.45, 7) is 4.09. The second-order valence-corrected chi connectivity index (χ2v) is 6.20. The molecule has 0 aliphatic heterocycles. The average Bonchev–Trinajstić information content (AvgIpc) is 2.80. The van der Waals surface area contributed by atoms with Crippen LogP contribution in [0.25, 0.3) is 0 Å². The van der Waals surface area contributed by atoms with Crippen molar-refractivity contribution in [3.05, 3.63) is 47.3 Å². The summed E-state index contributed by atoms with van der Waals surface area (Å²) in [4.78, 5) is 12.1. The molecule has 0 spiro atoms. The van der Waals surface area contributed by atoms with E-state index in [0.717, 1.165) is 22.7 Å². The van der Waals surface area contributed by atoms with Gasteiger partial charge in [-0.15, -0.1) is 0 Å². The molecule has 1 aliphatic carbocycles. The molecule has 0 saturated heterocycles. The standard InChI is InChI=1S/C18H22N2O2/c1-12(11-16(21)19-15-9-4-3-5-10-15)17-13(2)18(22-20-17)14-7-6-8-14/h3-5,9-10,12,14H,6-8,11H2,1-2H3,(H,19,21). The van der Waals surface area contributed by atoms with Crippen molar-refractivity contribution >= 4 is 11.6 Å². The largest absolute Gasteiger partial charge is 0.361 e. The van der Waals surface area contributed by atoms with Gasteiger partial charge >= 0.3 is 0 Å². The summed E-state index contributed by atoms with van der Waals surface area (Å²) in [5, 5.41) is 7.14. The molecule has 2 aromatic rings. The first-order valence-electron chi connectivity index (χ1n) is 7.96. The number of anilines is 1. The summed E-state index contributed by atoms with van der Waals surface area (Å²) >= 11 is 0. The third-order valence-corrected chi connectivity index (χ3v) is 4.49. The molecule has 1 heterocycles. The van der Waals surface area contributed by atoms with Gasteiger partial charge in [-0.2, -0.15) is 0 Å². The van der Waals surface area contributed by atoms with E-state index in [-0.39, 0.29) is 11.8 Å². The molecule has 1 aromatic carbocycles. The van der Waals surface area contributed by atoms with Crippen molar-refractivity contribution in [2.45, 2.75) is 51.4 Å². The number of amides is 1.